The molecular weight excluding hydrogens is 693 g/mol. The molecule has 12 heteroatoms. The van der Waals surface area contributed by atoms with Crippen molar-refractivity contribution in [3.63, 3.8) is 0 Å². The van der Waals surface area contributed by atoms with Crippen LogP contribution < -0.4 is 30.7 Å². The monoisotopic (exact) mass is 781 g/mol. The van der Waals surface area contributed by atoms with E-state index in [0.29, 0.717) is 13.1 Å². The summed E-state index contributed by atoms with van der Waals surface area (Å²) in [5.41, 5.74) is 0. The van der Waals surface area contributed by atoms with Gasteiger partial charge in [0.2, 0.25) is 20.0 Å². The van der Waals surface area contributed by atoms with E-state index in [1.54, 1.807) is 0 Å². The summed E-state index contributed by atoms with van der Waals surface area (Å²) in [5, 5.41) is 13.9. The quantitative estimate of drug-likeness (QED) is 0.0353. The lowest BCUT2D eigenvalue weighted by Gasteiger charge is -2.09. The second-order valence-electron chi connectivity index (χ2n) is 14.9. The van der Waals surface area contributed by atoms with E-state index in [4.69, 9.17) is 0 Å². The number of nitrogens with one attached hydrogen (secondary N) is 6. The Kier molecular flexibility index (Phi) is 40.1. The highest BCUT2D eigenvalue weighted by molar-refractivity contribution is 7.89. The van der Waals surface area contributed by atoms with Crippen LogP contribution in [-0.4, -0.2) is 93.8 Å². The fourth-order valence-electron chi connectivity index (χ4n) is 6.26. The van der Waals surface area contributed by atoms with Crippen molar-refractivity contribution in [1.29, 1.82) is 0 Å². The zero-order valence-corrected chi connectivity index (χ0v) is 36.0. The van der Waals surface area contributed by atoms with Crippen LogP contribution in [0.5, 0.6) is 0 Å². The molecule has 0 aliphatic carbocycles. The van der Waals surface area contributed by atoms with Gasteiger partial charge in [-0.25, -0.2) is 26.3 Å². The van der Waals surface area contributed by atoms with Gasteiger partial charge in [-0.1, -0.05) is 129 Å². The van der Waals surface area contributed by atoms with Crippen LogP contribution in [0.4, 0.5) is 0 Å². The van der Waals surface area contributed by atoms with Crippen LogP contribution in [-0.2, 0) is 20.0 Å². The van der Waals surface area contributed by atoms with E-state index in [-0.39, 0.29) is 11.5 Å². The minimum Gasteiger partial charge on any atom is -0.317 e. The number of rotatable bonds is 45. The van der Waals surface area contributed by atoms with Crippen molar-refractivity contribution in [1.82, 2.24) is 30.7 Å². The number of hydrogen-bond acceptors (Lipinski definition) is 8. The van der Waals surface area contributed by atoms with Gasteiger partial charge in [0.1, 0.15) is 0 Å². The van der Waals surface area contributed by atoms with Crippen LogP contribution in [0.25, 0.3) is 0 Å². The Morgan fingerprint density at radius 1 is 0.269 bits per heavy atom. The molecule has 6 N–H and O–H groups in total. The fourth-order valence-corrected chi connectivity index (χ4v) is 8.63. The van der Waals surface area contributed by atoms with Crippen molar-refractivity contribution in [2.24, 2.45) is 0 Å². The zero-order chi connectivity index (χ0) is 38.1. The fraction of sp³-hybridized carbons (Fsp3) is 1.00. The first-order valence-corrected chi connectivity index (χ1v) is 25.4. The molecule has 0 spiro atoms. The standard InChI is InChI=1S/C40H88N6O4S2/c1-3-5-7-9-11-13-15-17-19-23-39-51(47,48)45-37-27-35-43-33-25-31-41-29-21-22-30-42-32-26-34-44-36-28-38-46-52(49,50)40-24-20-18-16-14-12-10-8-6-4-2/h41-46H,3-40H2,1-2H3. The van der Waals surface area contributed by atoms with E-state index in [9.17, 15) is 16.8 Å². The second-order valence-corrected chi connectivity index (χ2v) is 18.8. The summed E-state index contributed by atoms with van der Waals surface area (Å²) in [6.45, 7) is 13.2. The minimum atomic E-state index is -3.14. The van der Waals surface area contributed by atoms with E-state index in [2.05, 4.69) is 44.6 Å². The van der Waals surface area contributed by atoms with Crippen molar-refractivity contribution < 1.29 is 16.8 Å². The molecule has 0 rings (SSSR count). The SMILES string of the molecule is CCCCCCCCCCCCS(=O)(=O)NCCCNCCCNCCCCNCCCNCCCNS(=O)(=O)CCCCCCCCCCCC. The summed E-state index contributed by atoms with van der Waals surface area (Å²) in [6.07, 6.45) is 30.3. The van der Waals surface area contributed by atoms with Gasteiger partial charge < -0.3 is 21.3 Å². The molecule has 0 saturated carbocycles. The summed E-state index contributed by atoms with van der Waals surface area (Å²) in [6, 6.07) is 0. The smallest absolute Gasteiger partial charge is 0.211 e. The molecule has 0 aromatic heterocycles. The van der Waals surface area contributed by atoms with E-state index < -0.39 is 20.0 Å². The van der Waals surface area contributed by atoms with Gasteiger partial charge in [0, 0.05) is 13.1 Å². The predicted octanol–water partition coefficient (Wildman–Crippen LogP) is 7.37. The van der Waals surface area contributed by atoms with Crippen molar-refractivity contribution in [2.75, 3.05) is 77.0 Å². The van der Waals surface area contributed by atoms with Crippen LogP contribution in [0.2, 0.25) is 0 Å². The summed E-state index contributed by atoms with van der Waals surface area (Å²) < 4.78 is 54.3. The average molecular weight is 781 g/mol. The molecular formula is C40H88N6O4S2. The van der Waals surface area contributed by atoms with E-state index in [1.165, 1.54) is 89.9 Å². The van der Waals surface area contributed by atoms with Gasteiger partial charge >= 0.3 is 0 Å². The average Bonchev–Trinajstić information content (AvgIpc) is 3.12. The first-order valence-electron chi connectivity index (χ1n) is 22.1. The van der Waals surface area contributed by atoms with Gasteiger partial charge in [-0.05, 0) is 104 Å². The maximum atomic E-state index is 12.2. The van der Waals surface area contributed by atoms with Gasteiger partial charge in [-0.15, -0.1) is 0 Å². The highest BCUT2D eigenvalue weighted by atomic mass is 32.2. The van der Waals surface area contributed by atoms with Gasteiger partial charge in [0.15, 0.2) is 0 Å². The third kappa shape index (κ3) is 42.4. The molecule has 52 heavy (non-hydrogen) atoms. The highest BCUT2D eigenvalue weighted by Gasteiger charge is 2.09. The van der Waals surface area contributed by atoms with E-state index >= 15 is 0 Å². The molecule has 0 aromatic rings. The molecule has 0 heterocycles. The molecule has 0 fully saturated rings. The van der Waals surface area contributed by atoms with Crippen LogP contribution >= 0.6 is 0 Å². The van der Waals surface area contributed by atoms with Crippen molar-refractivity contribution in [2.45, 2.75) is 181 Å². The van der Waals surface area contributed by atoms with Crippen LogP contribution in [0.1, 0.15) is 181 Å². The first-order chi connectivity index (χ1) is 25.3. The molecule has 0 radical (unpaired) electrons. The normalized spacial score (nSPS) is 12.3. The summed E-state index contributed by atoms with van der Waals surface area (Å²) in [5.74, 6) is 0.513. The Morgan fingerprint density at radius 2 is 0.500 bits per heavy atom. The van der Waals surface area contributed by atoms with E-state index in [0.717, 1.165) is 129 Å². The number of hydrogen-bond donors (Lipinski definition) is 6. The largest absolute Gasteiger partial charge is 0.317 e. The molecule has 0 aliphatic heterocycles. The zero-order valence-electron chi connectivity index (χ0n) is 34.3. The molecule has 0 saturated heterocycles. The third-order valence-electron chi connectivity index (χ3n) is 9.61. The third-order valence-corrected chi connectivity index (χ3v) is 12.5. The lowest BCUT2D eigenvalue weighted by Crippen LogP contribution is -2.30. The van der Waals surface area contributed by atoms with Gasteiger partial charge in [0.05, 0.1) is 11.5 Å². The minimum absolute atomic E-state index is 0.257. The Hall–Kier alpha value is -0.340. The lowest BCUT2D eigenvalue weighted by atomic mass is 10.1. The lowest BCUT2D eigenvalue weighted by molar-refractivity contribution is 0.539. The van der Waals surface area contributed by atoms with Crippen molar-refractivity contribution >= 4 is 20.0 Å². The van der Waals surface area contributed by atoms with Gasteiger partial charge in [0.25, 0.3) is 0 Å². The Balaban J connectivity index is 3.32. The van der Waals surface area contributed by atoms with E-state index in [1.807, 2.05) is 0 Å². The maximum absolute atomic E-state index is 12.2. The topological polar surface area (TPSA) is 140 Å². The summed E-state index contributed by atoms with van der Waals surface area (Å²) in [7, 11) is -6.27. The van der Waals surface area contributed by atoms with Crippen molar-refractivity contribution in [3.05, 3.63) is 0 Å². The van der Waals surface area contributed by atoms with Crippen LogP contribution in [0.15, 0.2) is 0 Å². The molecule has 10 nitrogen and oxygen atoms in total. The van der Waals surface area contributed by atoms with Crippen LogP contribution in [0, 0.1) is 0 Å². The maximum Gasteiger partial charge on any atom is 0.211 e. The van der Waals surface area contributed by atoms with Crippen molar-refractivity contribution in [3.8, 4) is 0 Å². The highest BCUT2D eigenvalue weighted by Crippen LogP contribution is 2.12. The Morgan fingerprint density at radius 3 is 0.788 bits per heavy atom. The molecule has 0 aromatic carbocycles. The van der Waals surface area contributed by atoms with Crippen LogP contribution in [0.3, 0.4) is 0 Å². The Labute approximate surface area is 324 Å². The number of unbranched alkanes of at least 4 members (excludes halogenated alkanes) is 19. The Bertz CT molecular complexity index is 851. The first kappa shape index (κ1) is 51.7. The second kappa shape index (κ2) is 40.3. The van der Waals surface area contributed by atoms with Gasteiger partial charge in [-0.2, -0.15) is 0 Å². The number of sulfonamides is 2. The molecule has 314 valence electrons. The molecule has 0 unspecified atom stereocenters. The molecule has 0 atom stereocenters. The molecule has 0 aliphatic rings. The predicted molar refractivity (Wildman–Crippen MR) is 226 cm³/mol. The molecule has 0 bridgehead atoms. The van der Waals surface area contributed by atoms with Gasteiger partial charge in [-0.3, -0.25) is 0 Å². The summed E-state index contributed by atoms with van der Waals surface area (Å²) >= 11 is 0. The summed E-state index contributed by atoms with van der Waals surface area (Å²) in [4.78, 5) is 0. The molecule has 0 amide bonds.